The van der Waals surface area contributed by atoms with Crippen LogP contribution in [0.5, 0.6) is 5.75 Å². The third-order valence-corrected chi connectivity index (χ3v) is 6.94. The molecule has 1 unspecified atom stereocenters. The van der Waals surface area contributed by atoms with Crippen LogP contribution in [0.1, 0.15) is 19.3 Å². The Kier molecular flexibility index (Phi) is 5.32. The van der Waals surface area contributed by atoms with Gasteiger partial charge in [0.25, 0.3) is 0 Å². The van der Waals surface area contributed by atoms with E-state index in [1.54, 1.807) is 12.5 Å². The van der Waals surface area contributed by atoms with Gasteiger partial charge in [-0.05, 0) is 37.1 Å². The van der Waals surface area contributed by atoms with Gasteiger partial charge in [0.2, 0.25) is 15.9 Å². The maximum Gasteiger partial charge on any atom is 0.244 e. The van der Waals surface area contributed by atoms with E-state index in [0.29, 0.717) is 35.1 Å². The number of ether oxygens (including phenoxy) is 1. The first-order chi connectivity index (χ1) is 13.8. The van der Waals surface area contributed by atoms with Gasteiger partial charge in [0, 0.05) is 17.3 Å². The number of benzene rings is 1. The summed E-state index contributed by atoms with van der Waals surface area (Å²) in [6, 6.07) is 6.69. The highest BCUT2D eigenvalue weighted by Crippen LogP contribution is 2.32. The Morgan fingerprint density at radius 2 is 2.17 bits per heavy atom. The molecule has 1 aliphatic rings. The highest BCUT2D eigenvalue weighted by atomic mass is 32.2. The second-order valence-corrected chi connectivity index (χ2v) is 9.72. The van der Waals surface area contributed by atoms with Gasteiger partial charge in [-0.1, -0.05) is 6.42 Å². The van der Waals surface area contributed by atoms with Crippen LogP contribution >= 0.6 is 11.3 Å². The molecule has 0 aliphatic carbocycles. The Morgan fingerprint density at radius 1 is 1.34 bits per heavy atom. The topological polar surface area (TPSA) is 102 Å². The quantitative estimate of drug-likeness (QED) is 0.660. The number of sulfonamides is 1. The fourth-order valence-electron chi connectivity index (χ4n) is 3.47. The minimum absolute atomic E-state index is 0.356. The number of amides is 1. The van der Waals surface area contributed by atoms with Gasteiger partial charge in [0.1, 0.15) is 23.1 Å². The van der Waals surface area contributed by atoms with Gasteiger partial charge in [0.15, 0.2) is 10.9 Å². The lowest BCUT2D eigenvalue weighted by Crippen LogP contribution is -2.49. The Morgan fingerprint density at radius 3 is 2.93 bits per heavy atom. The summed E-state index contributed by atoms with van der Waals surface area (Å²) in [5.74, 6) is 0.963. The number of nitrogens with zero attached hydrogens (tertiary/aromatic N) is 2. The number of thiazole rings is 1. The summed E-state index contributed by atoms with van der Waals surface area (Å²) >= 11 is 1.27. The molecule has 1 fully saturated rings. The van der Waals surface area contributed by atoms with E-state index in [0.717, 1.165) is 30.2 Å². The first-order valence-corrected chi connectivity index (χ1v) is 11.9. The van der Waals surface area contributed by atoms with Gasteiger partial charge in [-0.2, -0.15) is 4.31 Å². The molecule has 3 aromatic rings. The van der Waals surface area contributed by atoms with Gasteiger partial charge >= 0.3 is 0 Å². The smallest absolute Gasteiger partial charge is 0.244 e. The second-order valence-electron chi connectivity index (χ2n) is 6.93. The number of hydrogen-bond acceptors (Lipinski definition) is 7. The lowest BCUT2D eigenvalue weighted by Gasteiger charge is -2.32. The number of aromatic nitrogens is 1. The molecule has 1 atom stereocenters. The Hall–Kier alpha value is -2.43. The van der Waals surface area contributed by atoms with Crippen LogP contribution in [0.15, 0.2) is 34.1 Å². The monoisotopic (exact) mass is 435 g/mol. The second kappa shape index (κ2) is 7.77. The first-order valence-electron chi connectivity index (χ1n) is 9.16. The van der Waals surface area contributed by atoms with Crippen LogP contribution in [-0.2, 0) is 14.8 Å². The zero-order valence-electron chi connectivity index (χ0n) is 16.0. The first kappa shape index (κ1) is 19.9. The van der Waals surface area contributed by atoms with E-state index in [2.05, 4.69) is 10.3 Å². The molecule has 1 saturated heterocycles. The Labute approximate surface area is 172 Å². The van der Waals surface area contributed by atoms with E-state index in [1.165, 1.54) is 15.6 Å². The molecule has 2 aromatic heterocycles. The normalized spacial score (nSPS) is 18.1. The average molecular weight is 436 g/mol. The molecule has 1 aromatic carbocycles. The number of methoxy groups -OCH3 is 1. The van der Waals surface area contributed by atoms with Crippen molar-refractivity contribution in [2.24, 2.45) is 0 Å². The van der Waals surface area contributed by atoms with E-state index in [1.807, 2.05) is 24.3 Å². The molecule has 0 radical (unpaired) electrons. The van der Waals surface area contributed by atoms with E-state index in [9.17, 15) is 13.2 Å². The van der Waals surface area contributed by atoms with Gasteiger partial charge in [-0.3, -0.25) is 4.79 Å². The van der Waals surface area contributed by atoms with Crippen LogP contribution in [0.2, 0.25) is 0 Å². The van der Waals surface area contributed by atoms with Crippen molar-refractivity contribution >= 4 is 43.4 Å². The summed E-state index contributed by atoms with van der Waals surface area (Å²) in [5, 5.41) is 5.85. The molecule has 0 saturated carbocycles. The van der Waals surface area contributed by atoms with E-state index < -0.39 is 16.1 Å². The van der Waals surface area contributed by atoms with Crippen molar-refractivity contribution in [2.45, 2.75) is 25.3 Å². The molecule has 4 rings (SSSR count). The number of rotatable bonds is 5. The molecule has 8 nitrogen and oxygen atoms in total. The van der Waals surface area contributed by atoms with Crippen molar-refractivity contribution < 1.29 is 22.4 Å². The van der Waals surface area contributed by atoms with Gasteiger partial charge in [-0.15, -0.1) is 11.3 Å². The molecule has 0 spiro atoms. The third kappa shape index (κ3) is 4.14. The number of nitrogens with one attached hydrogen (secondary N) is 1. The van der Waals surface area contributed by atoms with E-state index in [4.69, 9.17) is 9.15 Å². The van der Waals surface area contributed by atoms with Crippen molar-refractivity contribution in [3.05, 3.63) is 29.6 Å². The SMILES string of the molecule is COc1ccc2oc(-c3csc(NC(=O)C4CCCCN4S(C)(=O)=O)n3)cc2c1. The van der Waals surface area contributed by atoms with Crippen LogP contribution < -0.4 is 10.1 Å². The number of anilines is 1. The Bertz CT molecular complexity index is 1150. The van der Waals surface area contributed by atoms with Crippen LogP contribution in [0.4, 0.5) is 5.13 Å². The molecule has 10 heteroatoms. The fourth-order valence-corrected chi connectivity index (χ4v) is 5.30. The molecular weight excluding hydrogens is 414 g/mol. The molecule has 154 valence electrons. The molecule has 1 aliphatic heterocycles. The van der Waals surface area contributed by atoms with Crippen molar-refractivity contribution in [1.29, 1.82) is 0 Å². The van der Waals surface area contributed by atoms with Gasteiger partial charge in [0.05, 0.1) is 13.4 Å². The molecule has 0 bridgehead atoms. The number of hydrogen-bond donors (Lipinski definition) is 1. The fraction of sp³-hybridized carbons (Fsp3) is 0.368. The van der Waals surface area contributed by atoms with Crippen LogP contribution in [0.3, 0.4) is 0 Å². The van der Waals surface area contributed by atoms with Crippen LogP contribution in [0, 0.1) is 0 Å². The van der Waals surface area contributed by atoms with Crippen LogP contribution in [-0.4, -0.2) is 49.6 Å². The van der Waals surface area contributed by atoms with Crippen molar-refractivity contribution in [1.82, 2.24) is 9.29 Å². The van der Waals surface area contributed by atoms with Crippen molar-refractivity contribution in [2.75, 3.05) is 25.2 Å². The molecular formula is C19H21N3O5S2. The summed E-state index contributed by atoms with van der Waals surface area (Å²) in [5.41, 5.74) is 1.31. The summed E-state index contributed by atoms with van der Waals surface area (Å²) in [6.45, 7) is 0.364. The van der Waals surface area contributed by atoms with Gasteiger partial charge in [-0.25, -0.2) is 13.4 Å². The lowest BCUT2D eigenvalue weighted by atomic mass is 10.0. The summed E-state index contributed by atoms with van der Waals surface area (Å²) in [7, 11) is -1.83. The zero-order chi connectivity index (χ0) is 20.6. The van der Waals surface area contributed by atoms with Crippen LogP contribution in [0.25, 0.3) is 22.4 Å². The highest BCUT2D eigenvalue weighted by Gasteiger charge is 2.34. The number of carbonyl (C=O) groups excluding carboxylic acids is 1. The maximum absolute atomic E-state index is 12.7. The average Bonchev–Trinajstić information content (AvgIpc) is 3.33. The minimum atomic E-state index is -3.44. The predicted molar refractivity (Wildman–Crippen MR) is 112 cm³/mol. The summed E-state index contributed by atoms with van der Waals surface area (Å²) in [6.07, 6.45) is 3.21. The summed E-state index contributed by atoms with van der Waals surface area (Å²) < 4.78 is 36.3. The number of carbonyl (C=O) groups is 1. The number of piperidine rings is 1. The molecule has 3 heterocycles. The molecule has 1 amide bonds. The molecule has 29 heavy (non-hydrogen) atoms. The van der Waals surface area contributed by atoms with E-state index in [-0.39, 0.29) is 5.91 Å². The standard InChI is InChI=1S/C19H21N3O5S2/c1-26-13-6-7-16-12(9-13)10-17(27-16)14-11-28-19(20-14)21-18(23)15-5-3-4-8-22(15)29(2,24)25/h6-7,9-11,15H,3-5,8H2,1-2H3,(H,20,21,23). The number of furan rings is 1. The zero-order valence-corrected chi connectivity index (χ0v) is 17.7. The maximum atomic E-state index is 12.7. The lowest BCUT2D eigenvalue weighted by molar-refractivity contribution is -0.120. The predicted octanol–water partition coefficient (Wildman–Crippen LogP) is 3.32. The Balaban J connectivity index is 1.52. The summed E-state index contributed by atoms with van der Waals surface area (Å²) in [4.78, 5) is 17.1. The molecule has 1 N–H and O–H groups in total. The van der Waals surface area contributed by atoms with E-state index >= 15 is 0 Å². The minimum Gasteiger partial charge on any atom is -0.497 e. The van der Waals surface area contributed by atoms with Crippen molar-refractivity contribution in [3.63, 3.8) is 0 Å². The van der Waals surface area contributed by atoms with Gasteiger partial charge < -0.3 is 14.5 Å². The third-order valence-electron chi connectivity index (χ3n) is 4.89. The largest absolute Gasteiger partial charge is 0.497 e. The number of fused-ring (bicyclic) bond motifs is 1. The van der Waals surface area contributed by atoms with Crippen molar-refractivity contribution in [3.8, 4) is 17.2 Å². The highest BCUT2D eigenvalue weighted by molar-refractivity contribution is 7.88.